The second-order valence-electron chi connectivity index (χ2n) is 5.05. The molecule has 1 aliphatic rings. The summed E-state index contributed by atoms with van der Waals surface area (Å²) in [5.74, 6) is -1.65. The minimum Gasteiger partial charge on any atom is -0.481 e. The molecule has 0 amide bonds. The van der Waals surface area contributed by atoms with E-state index in [0.717, 1.165) is 11.8 Å². The summed E-state index contributed by atoms with van der Waals surface area (Å²) < 4.78 is 5.12. The summed E-state index contributed by atoms with van der Waals surface area (Å²) in [6.07, 6.45) is 0. The first-order valence-corrected chi connectivity index (χ1v) is 9.10. The van der Waals surface area contributed by atoms with Gasteiger partial charge in [0, 0.05) is 11.3 Å². The molecule has 1 heterocycles. The summed E-state index contributed by atoms with van der Waals surface area (Å²) in [7, 11) is 0. The van der Waals surface area contributed by atoms with Crippen LogP contribution in [0.25, 0.3) is 0 Å². The van der Waals surface area contributed by atoms with Gasteiger partial charge in [-0.05, 0) is 19.9 Å². The second-order valence-corrected chi connectivity index (χ2v) is 6.80. The lowest BCUT2D eigenvalue weighted by Crippen LogP contribution is -2.31. The number of carbonyl (C=O) groups is 2. The maximum absolute atomic E-state index is 12.4. The zero-order valence-corrected chi connectivity index (χ0v) is 15.8. The quantitative estimate of drug-likeness (QED) is 0.730. The third kappa shape index (κ3) is 4.68. The van der Waals surface area contributed by atoms with Crippen LogP contribution in [-0.2, 0) is 14.3 Å². The van der Waals surface area contributed by atoms with Crippen LogP contribution in [-0.4, -0.2) is 34.6 Å². The lowest BCUT2D eigenvalue weighted by Gasteiger charge is -2.26. The predicted octanol–water partition coefficient (Wildman–Crippen LogP) is 3.65. The number of rotatable bonds is 5. The Morgan fingerprint density at radius 1 is 1.40 bits per heavy atom. The van der Waals surface area contributed by atoms with Crippen molar-refractivity contribution in [1.29, 1.82) is 0 Å². The number of aliphatic imine (C=N–C) groups is 1. The van der Waals surface area contributed by atoms with Crippen LogP contribution in [0.2, 0.25) is 10.0 Å². The minimum absolute atomic E-state index is 0.163. The maximum Gasteiger partial charge on any atom is 0.338 e. The highest BCUT2D eigenvalue weighted by Gasteiger charge is 2.32. The highest BCUT2D eigenvalue weighted by atomic mass is 35.5. The smallest absolute Gasteiger partial charge is 0.338 e. The molecule has 1 aromatic carbocycles. The van der Waals surface area contributed by atoms with E-state index < -0.39 is 18.0 Å². The molecule has 0 saturated heterocycles. The number of aliphatic carboxylic acids is 1. The number of allylic oxidation sites excluding steroid dienone is 1. The van der Waals surface area contributed by atoms with Gasteiger partial charge in [0.25, 0.3) is 0 Å². The van der Waals surface area contributed by atoms with E-state index in [4.69, 9.17) is 33.0 Å². The van der Waals surface area contributed by atoms with Gasteiger partial charge in [0.15, 0.2) is 5.17 Å². The monoisotopic (exact) mass is 402 g/mol. The van der Waals surface area contributed by atoms with E-state index in [-0.39, 0.29) is 17.4 Å². The molecule has 0 radical (unpaired) electrons. The number of nitrogens with zero attached hydrogens (tertiary/aromatic N) is 1. The van der Waals surface area contributed by atoms with Crippen molar-refractivity contribution in [3.63, 3.8) is 0 Å². The molecule has 0 bridgehead atoms. The van der Waals surface area contributed by atoms with E-state index in [0.29, 0.717) is 27.0 Å². The van der Waals surface area contributed by atoms with Crippen LogP contribution in [0.5, 0.6) is 0 Å². The summed E-state index contributed by atoms with van der Waals surface area (Å²) in [4.78, 5) is 27.7. The van der Waals surface area contributed by atoms with Crippen molar-refractivity contribution in [2.24, 2.45) is 4.99 Å². The summed E-state index contributed by atoms with van der Waals surface area (Å²) >= 11 is 13.4. The van der Waals surface area contributed by atoms with Crippen LogP contribution in [0.3, 0.4) is 0 Å². The van der Waals surface area contributed by atoms with Gasteiger partial charge in [-0.3, -0.25) is 4.79 Å². The molecule has 0 fully saturated rings. The molecule has 0 aromatic heterocycles. The summed E-state index contributed by atoms with van der Waals surface area (Å²) in [6, 6.07) is 4.34. The van der Waals surface area contributed by atoms with E-state index in [1.165, 1.54) is 0 Å². The van der Waals surface area contributed by atoms with Crippen molar-refractivity contribution in [2.45, 2.75) is 19.9 Å². The third-order valence-corrected chi connectivity index (χ3v) is 5.03. The Morgan fingerprint density at radius 2 is 2.12 bits per heavy atom. The fraction of sp³-hybridized carbons (Fsp3) is 0.312. The molecule has 9 heteroatoms. The predicted molar refractivity (Wildman–Crippen MR) is 99.2 cm³/mol. The molecule has 0 saturated carbocycles. The highest BCUT2D eigenvalue weighted by Crippen LogP contribution is 2.38. The molecule has 0 aliphatic carbocycles. The van der Waals surface area contributed by atoms with E-state index in [2.05, 4.69) is 10.3 Å². The number of amidine groups is 1. The average Bonchev–Trinajstić information content (AvgIpc) is 2.55. The van der Waals surface area contributed by atoms with Crippen molar-refractivity contribution in [1.82, 2.24) is 5.32 Å². The summed E-state index contributed by atoms with van der Waals surface area (Å²) in [6.45, 7) is 3.63. The fourth-order valence-corrected chi connectivity index (χ4v) is 3.36. The van der Waals surface area contributed by atoms with Crippen molar-refractivity contribution in [3.05, 3.63) is 45.1 Å². The van der Waals surface area contributed by atoms with Gasteiger partial charge in [0.2, 0.25) is 0 Å². The van der Waals surface area contributed by atoms with Gasteiger partial charge in [-0.25, -0.2) is 9.79 Å². The SMILES string of the molecule is CCOC(=O)C1=C(C)NC(SCC(=O)O)=N[C@H]1c1cccc(Cl)c1Cl. The number of nitrogens with one attached hydrogen (secondary N) is 1. The van der Waals surface area contributed by atoms with Crippen molar-refractivity contribution < 1.29 is 19.4 Å². The summed E-state index contributed by atoms with van der Waals surface area (Å²) in [5.41, 5.74) is 1.39. The minimum atomic E-state index is -0.968. The molecule has 2 N–H and O–H groups in total. The standard InChI is InChI=1S/C16H16Cl2N2O4S/c1-3-24-15(23)12-8(2)19-16(25-7-11(21)22)20-14(12)9-5-4-6-10(17)13(9)18/h4-6,14H,3,7H2,1-2H3,(H,19,20)(H,21,22)/t14-/m0/s1. The zero-order chi connectivity index (χ0) is 18.6. The molecule has 1 aliphatic heterocycles. The van der Waals surface area contributed by atoms with Crippen LogP contribution in [0.4, 0.5) is 0 Å². The molecule has 0 spiro atoms. The molecule has 0 unspecified atom stereocenters. The van der Waals surface area contributed by atoms with Crippen LogP contribution in [0.15, 0.2) is 34.5 Å². The Morgan fingerprint density at radius 3 is 2.76 bits per heavy atom. The van der Waals surface area contributed by atoms with Gasteiger partial charge in [-0.2, -0.15) is 0 Å². The molecule has 134 valence electrons. The highest BCUT2D eigenvalue weighted by molar-refractivity contribution is 8.14. The molecular weight excluding hydrogens is 387 g/mol. The van der Waals surface area contributed by atoms with Crippen LogP contribution in [0, 0.1) is 0 Å². The van der Waals surface area contributed by atoms with Crippen LogP contribution < -0.4 is 5.32 Å². The normalized spacial score (nSPS) is 17.0. The van der Waals surface area contributed by atoms with E-state index in [1.807, 2.05) is 0 Å². The van der Waals surface area contributed by atoms with E-state index in [9.17, 15) is 9.59 Å². The third-order valence-electron chi connectivity index (χ3n) is 3.32. The Labute approximate surface area is 159 Å². The van der Waals surface area contributed by atoms with Gasteiger partial charge in [-0.1, -0.05) is 47.1 Å². The molecule has 1 atom stereocenters. The first-order chi connectivity index (χ1) is 11.8. The number of carboxylic acids is 1. The van der Waals surface area contributed by atoms with E-state index >= 15 is 0 Å². The number of hydrogen-bond donors (Lipinski definition) is 2. The van der Waals surface area contributed by atoms with E-state index in [1.54, 1.807) is 32.0 Å². The number of esters is 1. The number of benzene rings is 1. The topological polar surface area (TPSA) is 88.0 Å². The van der Waals surface area contributed by atoms with Crippen molar-refractivity contribution in [2.75, 3.05) is 12.4 Å². The molecule has 2 rings (SSSR count). The van der Waals surface area contributed by atoms with Gasteiger partial charge in [-0.15, -0.1) is 0 Å². The molecular formula is C16H16Cl2N2O4S. The van der Waals surface area contributed by atoms with Crippen LogP contribution in [0.1, 0.15) is 25.5 Å². The molecule has 1 aromatic rings. The number of carboxylic acid groups (broad SMARTS) is 1. The Bertz CT molecular complexity index is 765. The van der Waals surface area contributed by atoms with Gasteiger partial charge < -0.3 is 15.2 Å². The summed E-state index contributed by atoms with van der Waals surface area (Å²) in [5, 5.41) is 12.8. The maximum atomic E-state index is 12.4. The molecule has 6 nitrogen and oxygen atoms in total. The number of halogens is 2. The Kier molecular flexibility index (Phi) is 6.75. The van der Waals surface area contributed by atoms with Gasteiger partial charge >= 0.3 is 11.9 Å². The first kappa shape index (κ1) is 19.6. The van der Waals surface area contributed by atoms with Crippen molar-refractivity contribution >= 4 is 52.1 Å². The average molecular weight is 403 g/mol. The number of thioether (sulfide) groups is 1. The molecule has 25 heavy (non-hydrogen) atoms. The second kappa shape index (κ2) is 8.60. The largest absolute Gasteiger partial charge is 0.481 e. The van der Waals surface area contributed by atoms with Gasteiger partial charge in [0.05, 0.1) is 28.0 Å². The first-order valence-electron chi connectivity index (χ1n) is 7.36. The zero-order valence-electron chi connectivity index (χ0n) is 13.5. The fourth-order valence-electron chi connectivity index (χ4n) is 2.28. The van der Waals surface area contributed by atoms with Gasteiger partial charge in [0.1, 0.15) is 6.04 Å². The Hall–Kier alpha value is -1.70. The lowest BCUT2D eigenvalue weighted by atomic mass is 9.96. The number of ether oxygens (including phenoxy) is 1. The lowest BCUT2D eigenvalue weighted by molar-refractivity contribution is -0.139. The Balaban J connectivity index is 2.48. The van der Waals surface area contributed by atoms with Crippen molar-refractivity contribution in [3.8, 4) is 0 Å². The van der Waals surface area contributed by atoms with Crippen LogP contribution >= 0.6 is 35.0 Å². The number of carbonyl (C=O) groups excluding carboxylic acids is 1. The number of hydrogen-bond acceptors (Lipinski definition) is 6.